The van der Waals surface area contributed by atoms with E-state index in [9.17, 15) is 22.3 Å². The molecule has 0 amide bonds. The van der Waals surface area contributed by atoms with Crippen molar-refractivity contribution in [3.05, 3.63) is 181 Å². The van der Waals surface area contributed by atoms with Gasteiger partial charge in [-0.1, -0.05) is 48.5 Å². The molecule has 78 heavy (non-hydrogen) atoms. The number of ether oxygens (including phenoxy) is 4. The third kappa shape index (κ3) is 22.7. The predicted molar refractivity (Wildman–Crippen MR) is 289 cm³/mol. The number of nitrogens with zero attached hydrogens (tertiary/aromatic N) is 3. The summed E-state index contributed by atoms with van der Waals surface area (Å²) < 4.78 is 63.4. The van der Waals surface area contributed by atoms with Crippen molar-refractivity contribution in [2.24, 2.45) is 0 Å². The largest absolute Gasteiger partial charge is 1.00 e. The zero-order chi connectivity index (χ0) is 54.5. The van der Waals surface area contributed by atoms with Gasteiger partial charge in [0.2, 0.25) is 0 Å². The van der Waals surface area contributed by atoms with E-state index >= 15 is 0 Å². The third-order valence-electron chi connectivity index (χ3n) is 10.1. The van der Waals surface area contributed by atoms with E-state index in [0.717, 1.165) is 68.2 Å². The molecule has 0 aliphatic rings. The predicted octanol–water partition coefficient (Wildman–Crippen LogP) is 0.415. The van der Waals surface area contributed by atoms with Gasteiger partial charge in [0.15, 0.2) is 0 Å². The minimum atomic E-state index is -2.96. The average molecular weight is 1120 g/mol. The fourth-order valence-electron chi connectivity index (χ4n) is 6.68. The van der Waals surface area contributed by atoms with Gasteiger partial charge in [0.05, 0.1) is 82.6 Å². The van der Waals surface area contributed by atoms with E-state index in [0.29, 0.717) is 41.6 Å². The molecule has 0 aliphatic heterocycles. The van der Waals surface area contributed by atoms with Gasteiger partial charge >= 0.3 is 59.1 Å². The Morgan fingerprint density at radius 1 is 0.526 bits per heavy atom. The van der Waals surface area contributed by atoms with Gasteiger partial charge in [-0.2, -0.15) is 0 Å². The maximum absolute atomic E-state index is 10.3. The molecule has 0 saturated heterocycles. The molecule has 9 N–H and O–H groups in total. The van der Waals surface area contributed by atoms with Crippen LogP contribution in [0.3, 0.4) is 0 Å². The molecule has 24 heteroatoms. The first kappa shape index (κ1) is 66.3. The van der Waals surface area contributed by atoms with Gasteiger partial charge in [0.1, 0.15) is 67.4 Å². The van der Waals surface area contributed by atoms with Crippen LogP contribution in [0.15, 0.2) is 170 Å². The second kappa shape index (κ2) is 37.0. The van der Waals surface area contributed by atoms with Gasteiger partial charge in [-0.05, 0) is 127 Å². The number of hydrogen-bond donors (Lipinski definition) is 7. The number of imidazole rings is 2. The summed E-state index contributed by atoms with van der Waals surface area (Å²) in [5.74, 6) is 4.58. The summed E-state index contributed by atoms with van der Waals surface area (Å²) in [6, 6.07) is 53.3. The number of nitrogens with two attached hydrogens (primary N) is 2. The Morgan fingerprint density at radius 2 is 0.936 bits per heavy atom. The average Bonchev–Trinajstić information content (AvgIpc) is 4.06. The van der Waals surface area contributed by atoms with Crippen LogP contribution >= 0.6 is 0 Å². The van der Waals surface area contributed by atoms with E-state index in [1.807, 2.05) is 127 Å². The fraction of sp³-hybridized carbons (Fsp3) is 0.167. The van der Waals surface area contributed by atoms with Crippen LogP contribution in [-0.4, -0.2) is 117 Å². The molecule has 0 spiro atoms. The van der Waals surface area contributed by atoms with Gasteiger partial charge in [-0.15, -0.1) is 0 Å². The Labute approximate surface area is 499 Å². The third-order valence-corrected chi connectivity index (χ3v) is 11.0. The van der Waals surface area contributed by atoms with E-state index in [4.69, 9.17) is 55.8 Å². The van der Waals surface area contributed by atoms with Crippen molar-refractivity contribution >= 4 is 62.5 Å². The molecule has 2 aromatic heterocycles. The van der Waals surface area contributed by atoms with E-state index in [1.54, 1.807) is 36.4 Å². The van der Waals surface area contributed by atoms with E-state index in [2.05, 4.69) is 24.2 Å². The first-order valence-corrected chi connectivity index (χ1v) is 25.1. The summed E-state index contributed by atoms with van der Waals surface area (Å²) in [6.45, 7) is 1.81. The van der Waals surface area contributed by atoms with Crippen LogP contribution in [0.4, 0.5) is 11.4 Å². The number of carbonyl (C=O) groups is 1. The molecule has 20 nitrogen and oxygen atoms in total. The number of aldehydes is 1. The molecule has 0 bridgehead atoms. The van der Waals surface area contributed by atoms with Crippen LogP contribution < -0.4 is 89.5 Å². The Kier molecular flexibility index (Phi) is 31.4. The Bertz CT molecular complexity index is 3110. The van der Waals surface area contributed by atoms with Crippen molar-refractivity contribution in [1.82, 2.24) is 19.5 Å². The number of hydrogen-bond acceptors (Lipinski definition) is 18. The minimum absolute atomic E-state index is 0. The monoisotopic (exact) mass is 1120 g/mol. The molecular weight excluding hydrogens is 1070 g/mol. The SMILES string of the molecule is Nc1ccccc1N.O=Cc1ccc(OCCO)cc1.O=S([O-])OS(=O)[O-].OCCOc1ccc(-c2nc3ccccc3[nH]2)cc1.OCCOc1ccc(Cn2c(-c3ccc(OCCO)cc3)nc3ccccc32)cc1.[Na+].[Na+]. The van der Waals surface area contributed by atoms with Crippen molar-refractivity contribution in [1.29, 1.82) is 0 Å². The quantitative estimate of drug-likeness (QED) is 0.0250. The number of benzene rings is 7. The fourth-order valence-corrected chi connectivity index (χ4v) is 7.04. The van der Waals surface area contributed by atoms with Crippen molar-refractivity contribution in [3.8, 4) is 45.8 Å². The van der Waals surface area contributed by atoms with Crippen LogP contribution in [-0.2, 0) is 32.9 Å². The number of para-hydroxylation sites is 6. The van der Waals surface area contributed by atoms with Gasteiger partial charge < -0.3 is 69.5 Å². The minimum Gasteiger partial charge on any atom is -0.749 e. The summed E-state index contributed by atoms with van der Waals surface area (Å²) in [5, 5.41) is 35.0. The maximum Gasteiger partial charge on any atom is 1.00 e. The molecule has 0 saturated carbocycles. The topological polar surface area (TPSA) is 323 Å². The number of anilines is 2. The van der Waals surface area contributed by atoms with Crippen molar-refractivity contribution in [2.75, 3.05) is 64.3 Å². The van der Waals surface area contributed by atoms with Crippen LogP contribution in [0.2, 0.25) is 0 Å². The molecule has 7 aromatic carbocycles. The number of H-pyrrole nitrogens is 1. The summed E-state index contributed by atoms with van der Waals surface area (Å²) in [4.78, 5) is 22.9. The molecule has 0 fully saturated rings. The zero-order valence-corrected chi connectivity index (χ0v) is 48.4. The standard InChI is InChI=1S/C24H24N2O4.C15H14N2O2.C9H10O3.C6H8N2.2Na.H2O5S2/c27-13-15-29-20-9-5-18(6-10-20)17-26-23-4-2-1-3-22(23)25-24(26)19-7-11-21(12-8-19)30-16-14-28;18-9-10-19-12-7-5-11(6-8-12)15-16-13-3-1-2-4-14(13)17-15;10-5-6-12-9-3-1-8(7-11)2-4-9;7-5-3-1-2-4-6(5)8;;;1-6(2)5-7(3)4/h1-12,27-28H,13-17H2;1-8,18H,9-10H2,(H,16,17);1-4,7,10H,5-6H2;1-4H,7-8H2;;;(H,1,2)(H,3,4)/q;;;;2*+1;/p-2. The zero-order valence-electron chi connectivity index (χ0n) is 42.8. The van der Waals surface area contributed by atoms with Gasteiger partial charge in [-0.25, -0.2) is 22.0 Å². The van der Waals surface area contributed by atoms with Crippen LogP contribution in [0.25, 0.3) is 44.8 Å². The van der Waals surface area contributed by atoms with Crippen molar-refractivity contribution in [2.45, 2.75) is 6.54 Å². The van der Waals surface area contributed by atoms with Gasteiger partial charge in [0, 0.05) is 23.2 Å². The first-order chi connectivity index (χ1) is 36.9. The van der Waals surface area contributed by atoms with Crippen molar-refractivity contribution in [3.63, 3.8) is 0 Å². The molecule has 0 atom stereocenters. The van der Waals surface area contributed by atoms with Crippen LogP contribution in [0.1, 0.15) is 15.9 Å². The van der Waals surface area contributed by atoms with E-state index in [-0.39, 0.29) is 105 Å². The molecule has 9 aromatic rings. The molecule has 0 aliphatic carbocycles. The number of carbonyl (C=O) groups excluding carboxylic acids is 1. The number of nitrogens with one attached hydrogen (secondary N) is 1. The Hall–Kier alpha value is -6.03. The molecule has 0 radical (unpaired) electrons. The van der Waals surface area contributed by atoms with Crippen molar-refractivity contribution < 1.29 is 124 Å². The smallest absolute Gasteiger partial charge is 0.749 e. The second-order valence-electron chi connectivity index (χ2n) is 15.4. The number of aliphatic hydroxyl groups excluding tert-OH is 4. The number of aromatic amines is 1. The first-order valence-electron chi connectivity index (χ1n) is 23.1. The molecule has 0 unspecified atom stereocenters. The molecule has 400 valence electrons. The Balaban J connectivity index is 0.000000285. The number of fused-ring (bicyclic) bond motifs is 2. The second-order valence-corrected chi connectivity index (χ2v) is 16.7. The normalized spacial score (nSPS) is 10.9. The molecule has 2 heterocycles. The summed E-state index contributed by atoms with van der Waals surface area (Å²) in [7, 11) is 0. The maximum atomic E-state index is 10.3. The van der Waals surface area contributed by atoms with Gasteiger partial charge in [-0.3, -0.25) is 4.79 Å². The van der Waals surface area contributed by atoms with E-state index < -0.39 is 22.7 Å². The summed E-state index contributed by atoms with van der Waals surface area (Å²) >= 11 is -5.92. The van der Waals surface area contributed by atoms with Gasteiger partial charge in [0.25, 0.3) is 0 Å². The van der Waals surface area contributed by atoms with Crippen LogP contribution in [0.5, 0.6) is 23.0 Å². The number of aliphatic hydroxyl groups is 4. The number of nitrogen functional groups attached to an aromatic ring is 2. The van der Waals surface area contributed by atoms with E-state index in [1.165, 1.54) is 0 Å². The summed E-state index contributed by atoms with van der Waals surface area (Å²) in [6.07, 6.45) is 0.774. The summed E-state index contributed by atoms with van der Waals surface area (Å²) in [5.41, 5.74) is 19.8. The molecular formula is C54H56N6Na2O14S2. The van der Waals surface area contributed by atoms with Crippen LogP contribution in [0, 0.1) is 0 Å². The number of rotatable bonds is 19. The molecule has 9 rings (SSSR count). The number of aromatic nitrogens is 4. The Morgan fingerprint density at radius 3 is 1.36 bits per heavy atom.